The number of amidine groups is 1. The molecule has 0 aromatic heterocycles. The van der Waals surface area contributed by atoms with Crippen molar-refractivity contribution in [3.8, 4) is 0 Å². The predicted molar refractivity (Wildman–Crippen MR) is 105 cm³/mol. The van der Waals surface area contributed by atoms with E-state index >= 15 is 0 Å². The topological polar surface area (TPSA) is 68.2 Å². The summed E-state index contributed by atoms with van der Waals surface area (Å²) in [6, 6.07) is 16.3. The Hall–Kier alpha value is -3.19. The monoisotopic (exact) mass is 363 g/mol. The maximum absolute atomic E-state index is 13.3. The van der Waals surface area contributed by atoms with Crippen LogP contribution in [0.25, 0.3) is 0 Å². The second-order valence-electron chi connectivity index (χ2n) is 6.66. The molecule has 2 aromatic carbocycles. The van der Waals surface area contributed by atoms with Gasteiger partial charge >= 0.3 is 0 Å². The van der Waals surface area contributed by atoms with Gasteiger partial charge in [-0.1, -0.05) is 30.3 Å². The molecular weight excluding hydrogens is 342 g/mol. The van der Waals surface area contributed by atoms with Crippen LogP contribution in [0.15, 0.2) is 59.7 Å². The van der Waals surface area contributed by atoms with Gasteiger partial charge in [0.25, 0.3) is 11.8 Å². The van der Waals surface area contributed by atoms with E-state index in [-0.39, 0.29) is 17.6 Å². The summed E-state index contributed by atoms with van der Waals surface area (Å²) in [5.41, 5.74) is 4.58. The van der Waals surface area contributed by atoms with Crippen LogP contribution >= 0.6 is 0 Å². The number of anilines is 2. The van der Waals surface area contributed by atoms with Crippen LogP contribution in [0.1, 0.15) is 10.4 Å². The van der Waals surface area contributed by atoms with Crippen LogP contribution < -0.4 is 10.3 Å². The summed E-state index contributed by atoms with van der Waals surface area (Å²) in [6.45, 7) is 2.81. The van der Waals surface area contributed by atoms with E-state index in [9.17, 15) is 9.59 Å². The predicted octanol–water partition coefficient (Wildman–Crippen LogP) is 1.85. The molecule has 0 aliphatic carbocycles. The number of nitrogens with one attached hydrogen (secondary N) is 1. The van der Waals surface area contributed by atoms with Gasteiger partial charge in [0, 0.05) is 26.2 Å². The van der Waals surface area contributed by atoms with Crippen LogP contribution in [0, 0.1) is 0 Å². The van der Waals surface area contributed by atoms with Crippen LogP contribution in [0.3, 0.4) is 0 Å². The number of amides is 2. The number of fused-ring (bicyclic) bond motifs is 1. The summed E-state index contributed by atoms with van der Waals surface area (Å²) in [5, 5.41) is 4.33. The van der Waals surface area contributed by atoms with E-state index in [0.717, 1.165) is 13.1 Å². The molecule has 2 aliphatic rings. The van der Waals surface area contributed by atoms with Crippen molar-refractivity contribution in [1.29, 1.82) is 0 Å². The molecule has 1 saturated heterocycles. The number of nitrogens with zero attached hydrogens (tertiary/aromatic N) is 4. The zero-order chi connectivity index (χ0) is 18.8. The smallest absolute Gasteiger partial charge is 0.292 e. The van der Waals surface area contributed by atoms with Crippen LogP contribution in [0.5, 0.6) is 0 Å². The first-order chi connectivity index (χ1) is 13.1. The quantitative estimate of drug-likeness (QED) is 0.884. The molecule has 0 saturated carbocycles. The number of piperazine rings is 1. The Bertz CT molecular complexity index is 888. The second-order valence-corrected chi connectivity index (χ2v) is 6.66. The van der Waals surface area contributed by atoms with Crippen molar-refractivity contribution in [3.63, 3.8) is 0 Å². The lowest BCUT2D eigenvalue weighted by Crippen LogP contribution is -2.53. The number of likely N-dealkylation sites (N-methyl/N-ethyl adjacent to an activating group) is 1. The van der Waals surface area contributed by atoms with E-state index in [2.05, 4.69) is 15.4 Å². The third-order valence-corrected chi connectivity index (χ3v) is 4.85. The van der Waals surface area contributed by atoms with Crippen LogP contribution in [-0.4, -0.2) is 60.7 Å². The highest BCUT2D eigenvalue weighted by atomic mass is 16.2. The maximum atomic E-state index is 13.3. The molecule has 27 heavy (non-hydrogen) atoms. The van der Waals surface area contributed by atoms with Crippen molar-refractivity contribution in [2.24, 2.45) is 5.10 Å². The van der Waals surface area contributed by atoms with Gasteiger partial charge < -0.3 is 9.80 Å². The zero-order valence-corrected chi connectivity index (χ0v) is 15.1. The van der Waals surface area contributed by atoms with Crippen LogP contribution in [-0.2, 0) is 4.79 Å². The summed E-state index contributed by atoms with van der Waals surface area (Å²) < 4.78 is 0. The average molecular weight is 363 g/mol. The second kappa shape index (κ2) is 7.20. The van der Waals surface area contributed by atoms with Crippen molar-refractivity contribution >= 4 is 29.0 Å². The molecule has 0 unspecified atom stereocenters. The van der Waals surface area contributed by atoms with E-state index in [0.29, 0.717) is 30.0 Å². The van der Waals surface area contributed by atoms with Crippen molar-refractivity contribution < 1.29 is 9.59 Å². The lowest BCUT2D eigenvalue weighted by Gasteiger charge is -2.34. The molecule has 1 N–H and O–H groups in total. The first kappa shape index (κ1) is 17.2. The van der Waals surface area contributed by atoms with Crippen molar-refractivity contribution in [1.82, 2.24) is 9.80 Å². The van der Waals surface area contributed by atoms with Crippen molar-refractivity contribution in [2.45, 2.75) is 0 Å². The Balaban J connectivity index is 1.75. The molecule has 0 spiro atoms. The summed E-state index contributed by atoms with van der Waals surface area (Å²) in [4.78, 5) is 31.9. The molecular formula is C20H21N5O2. The number of hydrazone groups is 1. The van der Waals surface area contributed by atoms with E-state index in [1.165, 1.54) is 4.90 Å². The van der Waals surface area contributed by atoms with Gasteiger partial charge in [0.15, 0.2) is 0 Å². The highest BCUT2D eigenvalue weighted by Crippen LogP contribution is 2.25. The van der Waals surface area contributed by atoms with Gasteiger partial charge in [0.05, 0.1) is 16.9 Å². The molecule has 4 rings (SSSR count). The Kier molecular flexibility index (Phi) is 4.60. The standard InChI is InChI=1S/C20H21N5O2/c1-23-11-13-24(14-12-23)20(27)18-22-21-17-10-6-5-9-16(17)19(26)25(18)15-7-3-2-4-8-15/h2-10,21H,11-14H2,1H3. The SMILES string of the molecule is CN1CCN(C(=O)C2=NNc3ccccc3C(=O)N2c2ccccc2)CC1. The fourth-order valence-corrected chi connectivity index (χ4v) is 3.26. The number of benzene rings is 2. The Labute approximate surface area is 157 Å². The summed E-state index contributed by atoms with van der Waals surface area (Å²) in [5.74, 6) is -0.435. The molecule has 0 atom stereocenters. The molecule has 0 radical (unpaired) electrons. The van der Waals surface area contributed by atoms with Gasteiger partial charge in [0.2, 0.25) is 5.84 Å². The average Bonchev–Trinajstić information content (AvgIpc) is 2.86. The summed E-state index contributed by atoms with van der Waals surface area (Å²) in [6.07, 6.45) is 0. The minimum Gasteiger partial charge on any atom is -0.333 e. The molecule has 1 fully saturated rings. The maximum Gasteiger partial charge on any atom is 0.292 e. The third-order valence-electron chi connectivity index (χ3n) is 4.85. The first-order valence-electron chi connectivity index (χ1n) is 8.95. The van der Waals surface area contributed by atoms with Gasteiger partial charge in [-0.15, -0.1) is 0 Å². The van der Waals surface area contributed by atoms with Crippen molar-refractivity contribution in [3.05, 3.63) is 60.2 Å². The molecule has 7 nitrogen and oxygen atoms in total. The Morgan fingerprint density at radius 3 is 2.37 bits per heavy atom. The minimum atomic E-state index is -0.275. The minimum absolute atomic E-state index is 0.0898. The van der Waals surface area contributed by atoms with Gasteiger partial charge in [0.1, 0.15) is 0 Å². The van der Waals surface area contributed by atoms with E-state index < -0.39 is 0 Å². The molecule has 2 heterocycles. The summed E-state index contributed by atoms with van der Waals surface area (Å²) >= 11 is 0. The normalized spacial score (nSPS) is 17.7. The van der Waals surface area contributed by atoms with E-state index in [4.69, 9.17) is 0 Å². The molecule has 2 amide bonds. The third kappa shape index (κ3) is 3.29. The highest BCUT2D eigenvalue weighted by molar-refractivity contribution is 6.49. The van der Waals surface area contributed by atoms with Gasteiger partial charge in [-0.05, 0) is 31.3 Å². The van der Waals surface area contributed by atoms with Gasteiger partial charge in [-0.2, -0.15) is 5.10 Å². The molecule has 0 bridgehead atoms. The summed E-state index contributed by atoms with van der Waals surface area (Å²) in [7, 11) is 2.03. The molecule has 7 heteroatoms. The van der Waals surface area contributed by atoms with Crippen molar-refractivity contribution in [2.75, 3.05) is 43.6 Å². The molecule has 2 aliphatic heterocycles. The number of carbonyl (C=O) groups is 2. The number of rotatable bonds is 2. The Morgan fingerprint density at radius 2 is 1.63 bits per heavy atom. The number of hydrogen-bond acceptors (Lipinski definition) is 5. The fourth-order valence-electron chi connectivity index (χ4n) is 3.26. The highest BCUT2D eigenvalue weighted by Gasteiger charge is 2.34. The van der Waals surface area contributed by atoms with Crippen LogP contribution in [0.2, 0.25) is 0 Å². The van der Waals surface area contributed by atoms with Crippen LogP contribution in [0.4, 0.5) is 11.4 Å². The number of hydrogen-bond donors (Lipinski definition) is 1. The first-order valence-corrected chi connectivity index (χ1v) is 8.95. The lowest BCUT2D eigenvalue weighted by molar-refractivity contribution is -0.125. The Morgan fingerprint density at radius 1 is 0.963 bits per heavy atom. The largest absolute Gasteiger partial charge is 0.333 e. The van der Waals surface area contributed by atoms with E-state index in [1.54, 1.807) is 35.2 Å². The fraction of sp³-hybridized carbons (Fsp3) is 0.250. The zero-order valence-electron chi connectivity index (χ0n) is 15.1. The molecule has 2 aromatic rings. The number of para-hydroxylation sites is 2. The van der Waals surface area contributed by atoms with E-state index in [1.807, 2.05) is 31.3 Å². The molecule has 138 valence electrons. The number of carbonyl (C=O) groups excluding carboxylic acids is 2. The lowest BCUT2D eigenvalue weighted by atomic mass is 10.1. The van der Waals surface area contributed by atoms with Gasteiger partial charge in [-0.3, -0.25) is 19.9 Å². The van der Waals surface area contributed by atoms with Gasteiger partial charge in [-0.25, -0.2) is 0 Å².